The molecule has 0 N–H and O–H groups in total. The van der Waals surface area contributed by atoms with Crippen molar-refractivity contribution in [2.75, 3.05) is 13.2 Å². The van der Waals surface area contributed by atoms with Crippen LogP contribution in [-0.4, -0.2) is 59.7 Å². The summed E-state index contributed by atoms with van der Waals surface area (Å²) in [5.74, 6) is -0.461. The third kappa shape index (κ3) is 3.55. The summed E-state index contributed by atoms with van der Waals surface area (Å²) in [5.41, 5.74) is -0.604. The molecule has 3 fully saturated rings. The van der Waals surface area contributed by atoms with Crippen LogP contribution in [0.25, 0.3) is 0 Å². The van der Waals surface area contributed by atoms with Crippen LogP contribution in [0.3, 0.4) is 0 Å². The number of hydroxylamine groups is 2. The van der Waals surface area contributed by atoms with Gasteiger partial charge in [-0.2, -0.15) is 5.06 Å². The van der Waals surface area contributed by atoms with Gasteiger partial charge in [0.2, 0.25) is 0 Å². The van der Waals surface area contributed by atoms with E-state index < -0.39 is 0 Å². The topological polar surface area (TPSA) is 57.2 Å². The maximum Gasteiger partial charge on any atom is 0.313 e. The Labute approximate surface area is 138 Å². The van der Waals surface area contributed by atoms with Gasteiger partial charge in [-0.3, -0.25) is 9.63 Å². The van der Waals surface area contributed by atoms with E-state index in [4.69, 9.17) is 19.0 Å². The number of cyclic esters (lactones) is 1. The third-order valence-corrected chi connectivity index (χ3v) is 4.35. The fraction of sp³-hybridized carbons (Fsp3) is 0.941. The minimum absolute atomic E-state index is 0.0945. The standard InChI is InChI=1S/C17H29NO5/c1-16(2,3)21-11-9-18-13(14(11)22-17(4,5)6)12-10(23-18)7-8-20-15(12)19/h10-14H,7-9H2,1-6H3/t10-,11+,12+,13+,14-/m1/s1. The zero-order chi connectivity index (χ0) is 17.0. The van der Waals surface area contributed by atoms with Crippen LogP contribution in [0.5, 0.6) is 0 Å². The summed E-state index contributed by atoms with van der Waals surface area (Å²) in [5, 5.41) is 1.90. The molecule has 0 spiro atoms. The largest absolute Gasteiger partial charge is 0.465 e. The van der Waals surface area contributed by atoms with Crippen LogP contribution in [0.2, 0.25) is 0 Å². The fourth-order valence-corrected chi connectivity index (χ4v) is 3.75. The molecule has 0 radical (unpaired) electrons. The van der Waals surface area contributed by atoms with E-state index in [0.29, 0.717) is 13.2 Å². The summed E-state index contributed by atoms with van der Waals surface area (Å²) in [6, 6.07) is -0.139. The molecule has 3 aliphatic rings. The van der Waals surface area contributed by atoms with Crippen LogP contribution in [0.1, 0.15) is 48.0 Å². The molecule has 0 bridgehead atoms. The van der Waals surface area contributed by atoms with Crippen LogP contribution in [0.4, 0.5) is 0 Å². The summed E-state index contributed by atoms with van der Waals surface area (Å²) in [6.45, 7) is 13.2. The van der Waals surface area contributed by atoms with E-state index in [1.54, 1.807) is 0 Å². The highest BCUT2D eigenvalue weighted by atomic mass is 16.7. The van der Waals surface area contributed by atoms with Crippen molar-refractivity contribution in [1.29, 1.82) is 0 Å². The van der Waals surface area contributed by atoms with Gasteiger partial charge < -0.3 is 14.2 Å². The Bertz CT molecular complexity index is 467. The zero-order valence-electron chi connectivity index (χ0n) is 15.0. The Balaban J connectivity index is 1.85. The summed E-state index contributed by atoms with van der Waals surface area (Å²) in [7, 11) is 0. The molecule has 0 aromatic carbocycles. The summed E-state index contributed by atoms with van der Waals surface area (Å²) < 4.78 is 17.8. The van der Waals surface area contributed by atoms with Gasteiger partial charge in [-0.25, -0.2) is 0 Å². The van der Waals surface area contributed by atoms with Gasteiger partial charge in [-0.05, 0) is 41.5 Å². The van der Waals surface area contributed by atoms with Gasteiger partial charge in [0.1, 0.15) is 18.1 Å². The predicted octanol–water partition coefficient (Wildman–Crippen LogP) is 1.91. The van der Waals surface area contributed by atoms with Crippen molar-refractivity contribution in [1.82, 2.24) is 5.06 Å². The minimum atomic E-state index is -0.323. The summed E-state index contributed by atoms with van der Waals surface area (Å²) in [4.78, 5) is 18.3. The Morgan fingerprint density at radius 3 is 2.35 bits per heavy atom. The second-order valence-electron chi connectivity index (χ2n) is 8.68. The number of hydrogen-bond donors (Lipinski definition) is 0. The van der Waals surface area contributed by atoms with Crippen LogP contribution in [0, 0.1) is 5.92 Å². The lowest BCUT2D eigenvalue weighted by molar-refractivity contribution is -0.180. The predicted molar refractivity (Wildman–Crippen MR) is 83.7 cm³/mol. The molecule has 6 heteroatoms. The molecule has 5 atom stereocenters. The van der Waals surface area contributed by atoms with Crippen molar-refractivity contribution in [2.45, 2.75) is 83.5 Å². The molecular weight excluding hydrogens is 298 g/mol. The van der Waals surface area contributed by atoms with Crippen molar-refractivity contribution in [3.63, 3.8) is 0 Å². The SMILES string of the molecule is CC(C)(C)O[C@H]1[C@@H]2[C@H]3C(=O)OCC[C@H]3ON2C[C@@H]1OC(C)(C)C. The van der Waals surface area contributed by atoms with Gasteiger partial charge >= 0.3 is 5.97 Å². The lowest BCUT2D eigenvalue weighted by Crippen LogP contribution is -2.49. The van der Waals surface area contributed by atoms with Crippen LogP contribution in [-0.2, 0) is 23.8 Å². The number of nitrogens with zero attached hydrogens (tertiary/aromatic N) is 1. The van der Waals surface area contributed by atoms with Gasteiger partial charge in [0.15, 0.2) is 0 Å². The smallest absolute Gasteiger partial charge is 0.313 e. The van der Waals surface area contributed by atoms with E-state index in [0.717, 1.165) is 6.42 Å². The van der Waals surface area contributed by atoms with E-state index >= 15 is 0 Å². The Hall–Kier alpha value is -0.690. The maximum absolute atomic E-state index is 12.3. The second kappa shape index (κ2) is 5.69. The highest BCUT2D eigenvalue weighted by Gasteiger charge is 2.60. The Morgan fingerprint density at radius 1 is 1.09 bits per heavy atom. The van der Waals surface area contributed by atoms with E-state index in [1.165, 1.54) is 0 Å². The molecule has 132 valence electrons. The Kier molecular flexibility index (Phi) is 4.24. The molecule has 3 rings (SSSR count). The van der Waals surface area contributed by atoms with Crippen LogP contribution >= 0.6 is 0 Å². The Morgan fingerprint density at radius 2 is 1.74 bits per heavy atom. The van der Waals surface area contributed by atoms with Crippen molar-refractivity contribution >= 4 is 5.97 Å². The van der Waals surface area contributed by atoms with E-state index in [1.807, 2.05) is 46.6 Å². The highest BCUT2D eigenvalue weighted by Crippen LogP contribution is 2.43. The monoisotopic (exact) mass is 327 g/mol. The number of hydrogen-bond acceptors (Lipinski definition) is 6. The molecular formula is C17H29NO5. The molecule has 0 unspecified atom stereocenters. The van der Waals surface area contributed by atoms with E-state index in [-0.39, 0.29) is 47.4 Å². The van der Waals surface area contributed by atoms with E-state index in [9.17, 15) is 4.79 Å². The molecule has 0 aromatic rings. The van der Waals surface area contributed by atoms with Gasteiger partial charge in [0, 0.05) is 6.42 Å². The third-order valence-electron chi connectivity index (χ3n) is 4.35. The van der Waals surface area contributed by atoms with Crippen molar-refractivity contribution in [3.05, 3.63) is 0 Å². The van der Waals surface area contributed by atoms with Crippen molar-refractivity contribution in [3.8, 4) is 0 Å². The summed E-state index contributed by atoms with van der Waals surface area (Å²) in [6.07, 6.45) is 0.309. The normalized spacial score (nSPS) is 38.3. The lowest BCUT2D eigenvalue weighted by atomic mass is 9.88. The maximum atomic E-state index is 12.3. The molecule has 3 saturated heterocycles. The first-order chi connectivity index (χ1) is 10.6. The molecule has 6 nitrogen and oxygen atoms in total. The quantitative estimate of drug-likeness (QED) is 0.722. The lowest BCUT2D eigenvalue weighted by Gasteiger charge is -2.36. The van der Waals surface area contributed by atoms with Crippen molar-refractivity contribution < 1.29 is 23.8 Å². The molecule has 3 heterocycles. The number of rotatable bonds is 2. The first kappa shape index (κ1) is 17.1. The second-order valence-corrected chi connectivity index (χ2v) is 8.68. The van der Waals surface area contributed by atoms with Gasteiger partial charge in [-0.15, -0.1) is 0 Å². The van der Waals surface area contributed by atoms with Gasteiger partial charge in [0.05, 0.1) is 36.5 Å². The number of esters is 1. The van der Waals surface area contributed by atoms with Gasteiger partial charge in [0.25, 0.3) is 0 Å². The first-order valence-electron chi connectivity index (χ1n) is 8.51. The molecule has 0 aliphatic carbocycles. The molecule has 23 heavy (non-hydrogen) atoms. The molecule has 0 aromatic heterocycles. The van der Waals surface area contributed by atoms with Crippen LogP contribution < -0.4 is 0 Å². The molecule has 0 saturated carbocycles. The highest BCUT2D eigenvalue weighted by molar-refractivity contribution is 5.75. The van der Waals surface area contributed by atoms with E-state index in [2.05, 4.69) is 0 Å². The van der Waals surface area contributed by atoms with Crippen molar-refractivity contribution in [2.24, 2.45) is 5.92 Å². The minimum Gasteiger partial charge on any atom is -0.465 e. The van der Waals surface area contributed by atoms with Gasteiger partial charge in [-0.1, -0.05) is 0 Å². The average Bonchev–Trinajstić information content (AvgIpc) is 2.84. The number of fused-ring (bicyclic) bond motifs is 3. The first-order valence-corrected chi connectivity index (χ1v) is 8.51. The number of carbonyl (C=O) groups excluding carboxylic acids is 1. The number of ether oxygens (including phenoxy) is 3. The molecule has 0 amide bonds. The summed E-state index contributed by atoms with van der Waals surface area (Å²) >= 11 is 0. The molecule has 3 aliphatic heterocycles. The average molecular weight is 327 g/mol. The number of carbonyl (C=O) groups is 1. The zero-order valence-corrected chi connectivity index (χ0v) is 15.0. The fourth-order valence-electron chi connectivity index (χ4n) is 3.75. The van der Waals surface area contributed by atoms with Crippen LogP contribution in [0.15, 0.2) is 0 Å².